The highest BCUT2D eigenvalue weighted by Gasteiger charge is 2.46. The Morgan fingerprint density at radius 1 is 0.759 bits per heavy atom. The van der Waals surface area contributed by atoms with Crippen LogP contribution in [-0.2, 0) is 28.6 Å². The van der Waals surface area contributed by atoms with E-state index < -0.39 is 54.7 Å². The molecule has 0 radical (unpaired) electrons. The predicted molar refractivity (Wildman–Crippen MR) is 95.1 cm³/mol. The summed E-state index contributed by atoms with van der Waals surface area (Å²) in [6, 6.07) is 0. The highest BCUT2D eigenvalue weighted by atomic mass is 16.6. The maximum atomic E-state index is 11.6. The Bertz CT molecular complexity index is 594. The number of rotatable bonds is 2. The molecule has 11 nitrogen and oxygen atoms in total. The number of esters is 2. The Kier molecular flexibility index (Phi) is 9.12. The summed E-state index contributed by atoms with van der Waals surface area (Å²) >= 11 is 0. The summed E-state index contributed by atoms with van der Waals surface area (Å²) in [5, 5.41) is 44.4. The van der Waals surface area contributed by atoms with Crippen molar-refractivity contribution in [3.05, 3.63) is 0 Å². The molecule has 2 rings (SSSR count). The second kappa shape index (κ2) is 10.4. The van der Waals surface area contributed by atoms with Crippen LogP contribution in [0.15, 0.2) is 0 Å². The molecule has 0 saturated carbocycles. The highest BCUT2D eigenvalue weighted by molar-refractivity contribution is 5.87. The lowest BCUT2D eigenvalue weighted by molar-refractivity contribution is -0.279. The number of carbonyl (C=O) groups excluding carboxylic acids is 2. The van der Waals surface area contributed by atoms with E-state index >= 15 is 0 Å². The molecule has 0 spiro atoms. The van der Waals surface area contributed by atoms with Gasteiger partial charge in [0, 0.05) is 6.92 Å². The molecule has 0 aromatic rings. The minimum Gasteiger partial charge on any atom is -0.479 e. The number of hydrogen-bond donors (Lipinski definition) is 5. The molecule has 29 heavy (non-hydrogen) atoms. The topological polar surface area (TPSA) is 180 Å². The van der Waals surface area contributed by atoms with Gasteiger partial charge in [-0.1, -0.05) is 20.8 Å². The van der Waals surface area contributed by atoms with E-state index in [1.54, 1.807) is 0 Å². The average Bonchev–Trinajstić information content (AvgIpc) is 2.63. The van der Waals surface area contributed by atoms with Gasteiger partial charge in [-0.15, -0.1) is 0 Å². The molecule has 0 bridgehead atoms. The number of ether oxygens (including phenoxy) is 3. The van der Waals surface area contributed by atoms with Crippen LogP contribution in [0.25, 0.3) is 0 Å². The first kappa shape index (κ1) is 25.4. The summed E-state index contributed by atoms with van der Waals surface area (Å²) in [5.74, 6) is -1.83. The summed E-state index contributed by atoms with van der Waals surface area (Å²) in [5.41, 5.74) is 0. The second-order valence-electron chi connectivity index (χ2n) is 7.51. The lowest BCUT2D eigenvalue weighted by atomic mass is 9.77. The smallest absolute Gasteiger partial charge is 0.343 e. The Labute approximate surface area is 168 Å². The van der Waals surface area contributed by atoms with E-state index in [2.05, 4.69) is 23.3 Å². The summed E-state index contributed by atoms with van der Waals surface area (Å²) in [7, 11) is 0. The van der Waals surface area contributed by atoms with E-state index in [-0.39, 0.29) is 12.0 Å². The van der Waals surface area contributed by atoms with Crippen LogP contribution in [0.4, 0.5) is 0 Å². The number of aliphatic hydroxyl groups is 4. The molecule has 2 saturated heterocycles. The number of carboxylic acid groups (broad SMARTS) is 1. The standard InChI is InChI=1S/C12H20O4.C6H10O7/c1-6-7(2)9(4)15-11(8(6)3)12(14)16-10(5)13;7-1-2(8)4(5(10)11)13-6(12)3(1)9/h6-9,11H,1-5H3;1-4,6-9,12H,(H,10,11). The van der Waals surface area contributed by atoms with Crippen LogP contribution in [0.1, 0.15) is 34.6 Å². The Hall–Kier alpha value is -1.63. The molecule has 10 atom stereocenters. The van der Waals surface area contributed by atoms with Gasteiger partial charge in [0.1, 0.15) is 18.3 Å². The molecule has 10 unspecified atom stereocenters. The van der Waals surface area contributed by atoms with E-state index in [0.717, 1.165) is 0 Å². The van der Waals surface area contributed by atoms with Crippen molar-refractivity contribution in [2.24, 2.45) is 17.8 Å². The minimum absolute atomic E-state index is 0.00991. The first-order valence-corrected chi connectivity index (χ1v) is 9.27. The molecule has 5 N–H and O–H groups in total. The van der Waals surface area contributed by atoms with Crippen LogP contribution >= 0.6 is 0 Å². The third-order valence-corrected chi connectivity index (χ3v) is 5.55. The van der Waals surface area contributed by atoms with Gasteiger partial charge in [-0.3, -0.25) is 4.79 Å². The zero-order valence-electron chi connectivity index (χ0n) is 17.0. The van der Waals surface area contributed by atoms with E-state index in [0.29, 0.717) is 11.8 Å². The van der Waals surface area contributed by atoms with E-state index in [4.69, 9.17) is 30.3 Å². The predicted octanol–water partition coefficient (Wildman–Crippen LogP) is -1.36. The summed E-state index contributed by atoms with van der Waals surface area (Å²) < 4.78 is 14.5. The molecule has 168 valence electrons. The zero-order valence-corrected chi connectivity index (χ0v) is 17.0. The third-order valence-electron chi connectivity index (χ3n) is 5.55. The van der Waals surface area contributed by atoms with Crippen molar-refractivity contribution in [2.75, 3.05) is 0 Å². The van der Waals surface area contributed by atoms with Gasteiger partial charge in [-0.05, 0) is 24.7 Å². The molecule has 0 aromatic heterocycles. The molecule has 2 aliphatic heterocycles. The van der Waals surface area contributed by atoms with Crippen molar-refractivity contribution in [3.8, 4) is 0 Å². The van der Waals surface area contributed by atoms with Gasteiger partial charge in [-0.2, -0.15) is 0 Å². The Morgan fingerprint density at radius 3 is 1.79 bits per heavy atom. The van der Waals surface area contributed by atoms with E-state index in [1.807, 2.05) is 13.8 Å². The van der Waals surface area contributed by atoms with Gasteiger partial charge in [0.25, 0.3) is 0 Å². The van der Waals surface area contributed by atoms with Crippen LogP contribution in [-0.4, -0.2) is 86.4 Å². The largest absolute Gasteiger partial charge is 0.479 e. The van der Waals surface area contributed by atoms with Crippen LogP contribution < -0.4 is 0 Å². The van der Waals surface area contributed by atoms with Crippen LogP contribution in [0.5, 0.6) is 0 Å². The van der Waals surface area contributed by atoms with Crippen molar-refractivity contribution in [1.29, 1.82) is 0 Å². The fourth-order valence-electron chi connectivity index (χ4n) is 3.20. The second-order valence-corrected chi connectivity index (χ2v) is 7.51. The first-order chi connectivity index (χ1) is 13.3. The third kappa shape index (κ3) is 6.17. The molecular weight excluding hydrogens is 392 g/mol. The molecule has 2 fully saturated rings. The number of aliphatic carboxylic acids is 1. The van der Waals surface area contributed by atoms with E-state index in [9.17, 15) is 14.4 Å². The lowest BCUT2D eigenvalue weighted by Gasteiger charge is -2.41. The minimum atomic E-state index is -1.81. The molecule has 0 aliphatic carbocycles. The van der Waals surface area contributed by atoms with Crippen molar-refractivity contribution < 1.29 is 54.1 Å². The monoisotopic (exact) mass is 422 g/mol. The fourth-order valence-corrected chi connectivity index (χ4v) is 3.20. The van der Waals surface area contributed by atoms with Crippen LogP contribution in [0, 0.1) is 17.8 Å². The maximum Gasteiger partial charge on any atom is 0.343 e. The Balaban J connectivity index is 0.000000296. The molecule has 2 aliphatic rings. The van der Waals surface area contributed by atoms with Gasteiger partial charge in [0.2, 0.25) is 0 Å². The van der Waals surface area contributed by atoms with Crippen molar-refractivity contribution >= 4 is 17.9 Å². The molecule has 0 amide bonds. The quantitative estimate of drug-likeness (QED) is 0.262. The van der Waals surface area contributed by atoms with Gasteiger partial charge < -0.3 is 39.7 Å². The Morgan fingerprint density at radius 2 is 1.31 bits per heavy atom. The zero-order chi connectivity index (χ0) is 22.6. The number of carboxylic acids is 1. The molecule has 0 aromatic carbocycles. The fraction of sp³-hybridized carbons (Fsp3) is 0.833. The van der Waals surface area contributed by atoms with Gasteiger partial charge >= 0.3 is 17.9 Å². The van der Waals surface area contributed by atoms with Crippen LogP contribution in [0.2, 0.25) is 0 Å². The first-order valence-electron chi connectivity index (χ1n) is 9.27. The van der Waals surface area contributed by atoms with Gasteiger partial charge in [0.15, 0.2) is 18.5 Å². The van der Waals surface area contributed by atoms with E-state index in [1.165, 1.54) is 6.92 Å². The molecule has 11 heteroatoms. The summed E-state index contributed by atoms with van der Waals surface area (Å²) in [6.07, 6.45) is -9.33. The summed E-state index contributed by atoms with van der Waals surface area (Å²) in [6.45, 7) is 9.34. The van der Waals surface area contributed by atoms with Crippen molar-refractivity contribution in [1.82, 2.24) is 0 Å². The number of aliphatic hydroxyl groups excluding tert-OH is 4. The normalized spacial score (nSPS) is 42.2. The number of carbonyl (C=O) groups is 3. The molecule has 2 heterocycles. The SMILES string of the molecule is CC(=O)OC(=O)C1OC(C)C(C)C(C)C1C.O=C(O)C1OC(O)C(O)C(O)C1O. The number of hydrogen-bond acceptors (Lipinski definition) is 10. The van der Waals surface area contributed by atoms with Crippen molar-refractivity contribution in [2.45, 2.75) is 77.5 Å². The van der Waals surface area contributed by atoms with Gasteiger partial charge in [-0.25, -0.2) is 9.59 Å². The average molecular weight is 422 g/mol. The summed E-state index contributed by atoms with van der Waals surface area (Å²) in [4.78, 5) is 32.8. The highest BCUT2D eigenvalue weighted by Crippen LogP contribution is 2.35. The lowest BCUT2D eigenvalue weighted by Crippen LogP contribution is -2.59. The van der Waals surface area contributed by atoms with Gasteiger partial charge in [0.05, 0.1) is 6.10 Å². The van der Waals surface area contributed by atoms with Crippen LogP contribution in [0.3, 0.4) is 0 Å². The maximum absolute atomic E-state index is 11.6. The molecular formula is C18H30O11. The van der Waals surface area contributed by atoms with Crippen molar-refractivity contribution in [3.63, 3.8) is 0 Å².